The Kier molecular flexibility index (Phi) is 1.47. The molecule has 1 aromatic heterocycles. The topological polar surface area (TPSA) is 12.9 Å². The second kappa shape index (κ2) is 2.46. The molecule has 2 heteroatoms. The van der Waals surface area contributed by atoms with Gasteiger partial charge in [-0.25, -0.2) is 0 Å². The van der Waals surface area contributed by atoms with Crippen LogP contribution >= 0.6 is 11.8 Å². The Labute approximate surface area is 64.2 Å². The van der Waals surface area contributed by atoms with Crippen molar-refractivity contribution in [3.63, 3.8) is 0 Å². The highest BCUT2D eigenvalue weighted by Crippen LogP contribution is 2.26. The summed E-state index contributed by atoms with van der Waals surface area (Å²) in [5.41, 5.74) is 1.39. The first-order valence-corrected chi connectivity index (χ1v) is 4.09. The number of nitrogens with zero attached hydrogens (tertiary/aromatic N) is 1. The lowest BCUT2D eigenvalue weighted by molar-refractivity contribution is 1.11. The van der Waals surface area contributed by atoms with Gasteiger partial charge in [0.15, 0.2) is 0 Å². The van der Waals surface area contributed by atoms with Crippen molar-refractivity contribution in [1.82, 2.24) is 4.98 Å². The van der Waals surface area contributed by atoms with Crippen LogP contribution in [0.4, 0.5) is 0 Å². The van der Waals surface area contributed by atoms with Gasteiger partial charge in [-0.15, -0.1) is 0 Å². The summed E-state index contributed by atoms with van der Waals surface area (Å²) in [6.45, 7) is 0. The minimum atomic E-state index is 1.06. The van der Waals surface area contributed by atoms with Crippen LogP contribution in [0.15, 0.2) is 34.8 Å². The average Bonchev–Trinajstić information content (AvgIpc) is 2.05. The molecular formula is C8H7NS. The van der Waals surface area contributed by atoms with Crippen LogP contribution in [0.1, 0.15) is 5.56 Å². The van der Waals surface area contributed by atoms with Gasteiger partial charge in [-0.2, -0.15) is 0 Å². The van der Waals surface area contributed by atoms with E-state index < -0.39 is 0 Å². The van der Waals surface area contributed by atoms with Gasteiger partial charge in [-0.3, -0.25) is 4.98 Å². The number of hydrogen-bond donors (Lipinski definition) is 0. The Morgan fingerprint density at radius 1 is 1.50 bits per heavy atom. The van der Waals surface area contributed by atoms with E-state index in [0.29, 0.717) is 0 Å². The van der Waals surface area contributed by atoms with E-state index >= 15 is 0 Å². The molecule has 0 aliphatic carbocycles. The number of aromatic nitrogens is 1. The lowest BCUT2D eigenvalue weighted by atomic mass is 10.2. The molecule has 1 aliphatic heterocycles. The molecule has 1 nitrogen and oxygen atoms in total. The molecule has 1 aromatic rings. The second-order valence-electron chi connectivity index (χ2n) is 2.18. The molecule has 10 heavy (non-hydrogen) atoms. The van der Waals surface area contributed by atoms with Crippen LogP contribution < -0.4 is 0 Å². The highest BCUT2D eigenvalue weighted by Gasteiger charge is 2.02. The van der Waals surface area contributed by atoms with E-state index in [1.165, 1.54) is 10.5 Å². The molecule has 2 heterocycles. The van der Waals surface area contributed by atoms with E-state index in [4.69, 9.17) is 0 Å². The van der Waals surface area contributed by atoms with Gasteiger partial charge in [0, 0.05) is 17.3 Å². The first-order chi connectivity index (χ1) is 4.97. The first-order valence-electron chi connectivity index (χ1n) is 3.21. The van der Waals surface area contributed by atoms with Crippen LogP contribution in [-0.4, -0.2) is 4.98 Å². The van der Waals surface area contributed by atoms with Crippen molar-refractivity contribution in [1.29, 1.82) is 0 Å². The molecule has 0 radical (unpaired) electrons. The van der Waals surface area contributed by atoms with Gasteiger partial charge >= 0.3 is 0 Å². The zero-order valence-electron chi connectivity index (χ0n) is 5.45. The van der Waals surface area contributed by atoms with E-state index in [1.807, 2.05) is 12.4 Å². The smallest absolute Gasteiger partial charge is 0.0410 e. The van der Waals surface area contributed by atoms with Crippen LogP contribution in [0, 0.1) is 0 Å². The summed E-state index contributed by atoms with van der Waals surface area (Å²) < 4.78 is 0. The average molecular weight is 149 g/mol. The van der Waals surface area contributed by atoms with Gasteiger partial charge in [-0.1, -0.05) is 17.8 Å². The molecule has 1 aliphatic rings. The molecule has 0 unspecified atom stereocenters. The molecule has 0 fully saturated rings. The Morgan fingerprint density at radius 3 is 3.40 bits per heavy atom. The molecule has 0 amide bonds. The third kappa shape index (κ3) is 0.948. The molecule has 50 valence electrons. The summed E-state index contributed by atoms with van der Waals surface area (Å²) >= 11 is 1.75. The Balaban J connectivity index is 2.47. The van der Waals surface area contributed by atoms with Crippen LogP contribution in [0.5, 0.6) is 0 Å². The molecule has 0 saturated carbocycles. The fourth-order valence-electron chi connectivity index (χ4n) is 0.980. The van der Waals surface area contributed by atoms with E-state index in [9.17, 15) is 0 Å². The van der Waals surface area contributed by atoms with Gasteiger partial charge in [0.05, 0.1) is 0 Å². The lowest BCUT2D eigenvalue weighted by Gasteiger charge is -2.07. The quantitative estimate of drug-likeness (QED) is 0.561. The standard InChI is InChI=1S/C8H7NS/c1-2-7-3-4-9-6-8(7)10-5-1/h1,3-6H,2H2. The third-order valence-corrected chi connectivity index (χ3v) is 2.45. The summed E-state index contributed by atoms with van der Waals surface area (Å²) in [5, 5.41) is 2.12. The van der Waals surface area contributed by atoms with Crippen molar-refractivity contribution in [2.45, 2.75) is 11.3 Å². The summed E-state index contributed by atoms with van der Waals surface area (Å²) in [6.07, 6.45) is 7.00. The van der Waals surface area contributed by atoms with E-state index in [0.717, 1.165) is 6.42 Å². The van der Waals surface area contributed by atoms with Gasteiger partial charge in [0.25, 0.3) is 0 Å². The molecule has 0 atom stereocenters. The molecule has 0 aromatic carbocycles. The van der Waals surface area contributed by atoms with Crippen LogP contribution in [0.2, 0.25) is 0 Å². The van der Waals surface area contributed by atoms with E-state index in [2.05, 4.69) is 22.5 Å². The van der Waals surface area contributed by atoms with Gasteiger partial charge in [0.1, 0.15) is 0 Å². The molecule has 0 saturated heterocycles. The normalized spacial score (nSPS) is 14.8. The number of fused-ring (bicyclic) bond motifs is 1. The van der Waals surface area contributed by atoms with Crippen molar-refractivity contribution >= 4 is 11.8 Å². The van der Waals surface area contributed by atoms with Crippen molar-refractivity contribution in [2.75, 3.05) is 0 Å². The number of allylic oxidation sites excluding steroid dienone is 1. The number of thioether (sulfide) groups is 1. The number of pyridine rings is 1. The maximum atomic E-state index is 4.04. The predicted molar refractivity (Wildman–Crippen MR) is 42.9 cm³/mol. The number of hydrogen-bond acceptors (Lipinski definition) is 2. The Hall–Kier alpha value is -0.760. The molecule has 2 rings (SSSR count). The fourth-order valence-corrected chi connectivity index (χ4v) is 1.74. The highest BCUT2D eigenvalue weighted by atomic mass is 32.2. The predicted octanol–water partition coefficient (Wildman–Crippen LogP) is 2.24. The van der Waals surface area contributed by atoms with Crippen LogP contribution in [0.3, 0.4) is 0 Å². The SMILES string of the molecule is C1=CSc2cnccc2C1. The summed E-state index contributed by atoms with van der Waals surface area (Å²) in [6, 6.07) is 2.08. The van der Waals surface area contributed by atoms with Gasteiger partial charge < -0.3 is 0 Å². The maximum Gasteiger partial charge on any atom is 0.0410 e. The van der Waals surface area contributed by atoms with Gasteiger partial charge in [0.2, 0.25) is 0 Å². The van der Waals surface area contributed by atoms with Crippen LogP contribution in [-0.2, 0) is 6.42 Å². The summed E-state index contributed by atoms with van der Waals surface area (Å²) in [5.74, 6) is 0. The molecule has 0 N–H and O–H groups in total. The van der Waals surface area contributed by atoms with Crippen molar-refractivity contribution < 1.29 is 0 Å². The molecular weight excluding hydrogens is 142 g/mol. The monoisotopic (exact) mass is 149 g/mol. The zero-order chi connectivity index (χ0) is 6.81. The fraction of sp³-hybridized carbons (Fsp3) is 0.125. The van der Waals surface area contributed by atoms with E-state index in [-0.39, 0.29) is 0 Å². The number of rotatable bonds is 0. The third-order valence-electron chi connectivity index (χ3n) is 1.50. The largest absolute Gasteiger partial charge is 0.264 e. The first kappa shape index (κ1) is 5.98. The Morgan fingerprint density at radius 2 is 2.50 bits per heavy atom. The van der Waals surface area contributed by atoms with Crippen molar-refractivity contribution in [3.05, 3.63) is 35.5 Å². The maximum absolute atomic E-state index is 4.04. The highest BCUT2D eigenvalue weighted by molar-refractivity contribution is 8.02. The second-order valence-corrected chi connectivity index (χ2v) is 3.12. The lowest BCUT2D eigenvalue weighted by Crippen LogP contribution is -1.89. The molecule has 0 spiro atoms. The zero-order valence-corrected chi connectivity index (χ0v) is 6.27. The summed E-state index contributed by atoms with van der Waals surface area (Å²) in [7, 11) is 0. The minimum Gasteiger partial charge on any atom is -0.264 e. The minimum absolute atomic E-state index is 1.06. The van der Waals surface area contributed by atoms with Crippen molar-refractivity contribution in [3.8, 4) is 0 Å². The summed E-state index contributed by atoms with van der Waals surface area (Å²) in [4.78, 5) is 5.34. The van der Waals surface area contributed by atoms with Crippen molar-refractivity contribution in [2.24, 2.45) is 0 Å². The molecule has 0 bridgehead atoms. The van der Waals surface area contributed by atoms with E-state index in [1.54, 1.807) is 11.8 Å². The van der Waals surface area contributed by atoms with Crippen LogP contribution in [0.25, 0.3) is 0 Å². The van der Waals surface area contributed by atoms with Gasteiger partial charge in [-0.05, 0) is 23.5 Å². The Bertz CT molecular complexity index is 241.